The van der Waals surface area contributed by atoms with Crippen molar-refractivity contribution in [2.45, 2.75) is 79.7 Å². The van der Waals surface area contributed by atoms with Gasteiger partial charge in [0.2, 0.25) is 0 Å². The second-order valence-electron chi connectivity index (χ2n) is 9.70. The molecule has 27 heavy (non-hydrogen) atoms. The van der Waals surface area contributed by atoms with Crippen molar-refractivity contribution >= 4 is 17.6 Å². The van der Waals surface area contributed by atoms with Gasteiger partial charge in [-0.25, -0.2) is 4.98 Å². The molecule has 0 aliphatic carbocycles. The summed E-state index contributed by atoms with van der Waals surface area (Å²) in [6.45, 7) is 19.7. The lowest BCUT2D eigenvalue weighted by molar-refractivity contribution is 0.396. The van der Waals surface area contributed by atoms with E-state index < -0.39 is 0 Å². The summed E-state index contributed by atoms with van der Waals surface area (Å²) in [5, 5.41) is 0. The normalized spacial score (nSPS) is 14.0. The van der Waals surface area contributed by atoms with Gasteiger partial charge in [-0.3, -0.25) is 9.98 Å². The highest BCUT2D eigenvalue weighted by molar-refractivity contribution is 7.09. The van der Waals surface area contributed by atoms with Crippen LogP contribution in [0.2, 0.25) is 0 Å². The molecule has 0 bridgehead atoms. The molecule has 3 rings (SSSR count). The fourth-order valence-corrected chi connectivity index (χ4v) is 2.80. The van der Waals surface area contributed by atoms with E-state index in [0.717, 1.165) is 6.42 Å². The number of imidazole rings is 1. The van der Waals surface area contributed by atoms with Crippen LogP contribution in [0.15, 0.2) is 47.2 Å². The van der Waals surface area contributed by atoms with Crippen molar-refractivity contribution in [2.24, 2.45) is 10.4 Å². The van der Waals surface area contributed by atoms with E-state index in [9.17, 15) is 0 Å². The molecule has 2 aromatic heterocycles. The lowest BCUT2D eigenvalue weighted by Crippen LogP contribution is -2.19. The topological polar surface area (TPSA) is 43.1 Å². The maximum absolute atomic E-state index is 4.04. The Kier molecular flexibility index (Phi) is 8.15. The highest BCUT2D eigenvalue weighted by atomic mass is 32.1. The van der Waals surface area contributed by atoms with Gasteiger partial charge in [-0.1, -0.05) is 41.5 Å². The Bertz CT molecular complexity index is 660. The summed E-state index contributed by atoms with van der Waals surface area (Å²) in [4.78, 5) is 13.4. The second kappa shape index (κ2) is 9.45. The van der Waals surface area contributed by atoms with Crippen molar-refractivity contribution < 1.29 is 0 Å². The number of hydrogen-bond donors (Lipinski definition) is 0. The average molecular weight is 389 g/mol. The number of nitrogens with zero attached hydrogens (tertiary/aromatic N) is 4. The standard InChI is InChI=1S/C8H13N.C7H12N2.C7H11NS/c1-8(2,3)7-4-5-9-6-7;1-7(2,3)9-5-4-8-6-9;1-7(2,3)6-4-8-5-9-6/h5-6H,4H2,1-3H3;4-6H,1-3H3;4-5H,1-3H3. The third-order valence-corrected chi connectivity index (χ3v) is 5.26. The summed E-state index contributed by atoms with van der Waals surface area (Å²) in [6, 6.07) is 0. The summed E-state index contributed by atoms with van der Waals surface area (Å²) < 4.78 is 2.08. The number of aromatic nitrogens is 3. The van der Waals surface area contributed by atoms with Gasteiger partial charge in [0.1, 0.15) is 0 Å². The predicted molar refractivity (Wildman–Crippen MR) is 119 cm³/mol. The maximum Gasteiger partial charge on any atom is 0.0950 e. The minimum Gasteiger partial charge on any atom is -0.332 e. The quantitative estimate of drug-likeness (QED) is 0.519. The Labute approximate surface area is 169 Å². The Hall–Kier alpha value is -1.75. The van der Waals surface area contributed by atoms with Gasteiger partial charge in [0.15, 0.2) is 0 Å². The second-order valence-corrected chi connectivity index (χ2v) is 10.6. The van der Waals surface area contributed by atoms with Crippen molar-refractivity contribution in [3.8, 4) is 0 Å². The fraction of sp³-hybridized carbons (Fsp3) is 0.591. The van der Waals surface area contributed by atoms with E-state index in [0.29, 0.717) is 5.41 Å². The van der Waals surface area contributed by atoms with E-state index in [1.807, 2.05) is 36.6 Å². The van der Waals surface area contributed by atoms with Crippen LogP contribution in [0, 0.1) is 5.41 Å². The fourth-order valence-electron chi connectivity index (χ4n) is 2.09. The van der Waals surface area contributed by atoms with E-state index in [2.05, 4.69) is 81.8 Å². The number of aliphatic imine (C=N–C) groups is 1. The SMILES string of the molecule is CC(C)(C)C1=CN=CC1.CC(C)(C)c1cncs1.CC(C)(C)n1ccnc1. The summed E-state index contributed by atoms with van der Waals surface area (Å²) in [5.41, 5.74) is 4.08. The minimum absolute atomic E-state index is 0.177. The van der Waals surface area contributed by atoms with E-state index in [1.165, 1.54) is 10.5 Å². The molecule has 3 heterocycles. The molecular weight excluding hydrogens is 352 g/mol. The largest absolute Gasteiger partial charge is 0.332 e. The lowest BCUT2D eigenvalue weighted by atomic mass is 9.86. The van der Waals surface area contributed by atoms with Gasteiger partial charge in [0.25, 0.3) is 0 Å². The highest BCUT2D eigenvalue weighted by Crippen LogP contribution is 2.29. The summed E-state index contributed by atoms with van der Waals surface area (Å²) >= 11 is 1.72. The first-order valence-electron chi connectivity index (χ1n) is 9.40. The summed E-state index contributed by atoms with van der Waals surface area (Å²) in [7, 11) is 0. The number of thiazole rings is 1. The Morgan fingerprint density at radius 1 is 0.926 bits per heavy atom. The maximum atomic E-state index is 4.04. The van der Waals surface area contributed by atoms with Crippen molar-refractivity contribution in [3.63, 3.8) is 0 Å². The molecule has 0 radical (unpaired) electrons. The third-order valence-electron chi connectivity index (χ3n) is 4.06. The molecule has 0 saturated heterocycles. The van der Waals surface area contributed by atoms with Crippen molar-refractivity contribution in [1.82, 2.24) is 14.5 Å². The van der Waals surface area contributed by atoms with Gasteiger partial charge in [-0.15, -0.1) is 11.3 Å². The first-order valence-corrected chi connectivity index (χ1v) is 10.3. The molecule has 2 aromatic rings. The number of hydrogen-bond acceptors (Lipinski definition) is 4. The van der Waals surface area contributed by atoms with Crippen LogP contribution in [-0.2, 0) is 11.0 Å². The van der Waals surface area contributed by atoms with Gasteiger partial charge < -0.3 is 4.57 Å². The minimum atomic E-state index is 0.177. The molecule has 0 fully saturated rings. The molecule has 1 aliphatic rings. The molecular formula is C22H36N4S. The van der Waals surface area contributed by atoms with Crippen LogP contribution in [0.3, 0.4) is 0 Å². The lowest BCUT2D eigenvalue weighted by Gasteiger charge is -2.19. The van der Waals surface area contributed by atoms with Crippen molar-refractivity contribution in [3.05, 3.63) is 47.1 Å². The van der Waals surface area contributed by atoms with Crippen molar-refractivity contribution in [2.75, 3.05) is 0 Å². The van der Waals surface area contributed by atoms with Crippen molar-refractivity contribution in [1.29, 1.82) is 0 Å². The summed E-state index contributed by atoms with van der Waals surface area (Å²) in [5.74, 6) is 0. The van der Waals surface area contributed by atoms with Gasteiger partial charge in [-0.05, 0) is 37.2 Å². The van der Waals surface area contributed by atoms with E-state index in [4.69, 9.17) is 0 Å². The molecule has 0 spiro atoms. The highest BCUT2D eigenvalue weighted by Gasteiger charge is 2.17. The molecule has 0 N–H and O–H groups in total. The van der Waals surface area contributed by atoms with Gasteiger partial charge in [0.05, 0.1) is 11.8 Å². The predicted octanol–water partition coefficient (Wildman–Crippen LogP) is 6.47. The molecule has 5 heteroatoms. The number of rotatable bonds is 0. The van der Waals surface area contributed by atoms with E-state index >= 15 is 0 Å². The summed E-state index contributed by atoms with van der Waals surface area (Å²) in [6.07, 6.45) is 12.5. The zero-order valence-electron chi connectivity index (χ0n) is 18.4. The Morgan fingerprint density at radius 2 is 1.59 bits per heavy atom. The van der Waals surface area contributed by atoms with Gasteiger partial charge >= 0.3 is 0 Å². The van der Waals surface area contributed by atoms with Gasteiger partial charge in [0, 0.05) is 47.8 Å². The molecule has 1 aliphatic heterocycles. The average Bonchev–Trinajstić information content (AvgIpc) is 3.28. The molecule has 0 saturated carbocycles. The van der Waals surface area contributed by atoms with E-state index in [1.54, 1.807) is 17.5 Å². The van der Waals surface area contributed by atoms with Crippen LogP contribution in [-0.4, -0.2) is 20.7 Å². The molecule has 0 unspecified atom stereocenters. The zero-order chi connectivity index (χ0) is 20.7. The molecule has 0 amide bonds. The van der Waals surface area contributed by atoms with E-state index in [-0.39, 0.29) is 11.0 Å². The van der Waals surface area contributed by atoms with Gasteiger partial charge in [-0.2, -0.15) is 0 Å². The zero-order valence-corrected chi connectivity index (χ0v) is 19.3. The first-order chi connectivity index (χ1) is 12.3. The van der Waals surface area contributed by atoms with Crippen LogP contribution in [0.1, 0.15) is 73.6 Å². The number of allylic oxidation sites excluding steroid dienone is 1. The smallest absolute Gasteiger partial charge is 0.0950 e. The Balaban J connectivity index is 0.000000202. The third kappa shape index (κ3) is 8.65. The van der Waals surface area contributed by atoms with Crippen LogP contribution in [0.4, 0.5) is 0 Å². The molecule has 0 atom stereocenters. The molecule has 150 valence electrons. The Morgan fingerprint density at radius 3 is 1.81 bits per heavy atom. The van der Waals surface area contributed by atoms with Crippen LogP contribution in [0.5, 0.6) is 0 Å². The first kappa shape index (κ1) is 23.3. The van der Waals surface area contributed by atoms with Crippen LogP contribution >= 0.6 is 11.3 Å². The molecule has 4 nitrogen and oxygen atoms in total. The van der Waals surface area contributed by atoms with Crippen LogP contribution in [0.25, 0.3) is 0 Å². The van der Waals surface area contributed by atoms with Crippen LogP contribution < -0.4 is 0 Å². The molecule has 0 aromatic carbocycles. The monoisotopic (exact) mass is 388 g/mol.